The first-order valence-corrected chi connectivity index (χ1v) is 29.5. The molecule has 23 N–H and O–H groups in total. The average Bonchev–Trinajstić information content (AvgIpc) is 3.67. The summed E-state index contributed by atoms with van der Waals surface area (Å²) in [7, 11) is 0. The Balaban J connectivity index is 2.67. The zero-order valence-corrected chi connectivity index (χ0v) is 50.2. The van der Waals surface area contributed by atoms with Gasteiger partial charge in [0.1, 0.15) is 60.4 Å². The van der Waals surface area contributed by atoms with Crippen LogP contribution in [0.4, 0.5) is 0 Å². The minimum absolute atomic E-state index is 0.0173. The van der Waals surface area contributed by atoms with Crippen LogP contribution in [0.5, 0.6) is 0 Å². The lowest BCUT2D eigenvalue weighted by molar-refractivity contribution is -0.137. The van der Waals surface area contributed by atoms with Crippen LogP contribution in [0.2, 0.25) is 0 Å². The Labute approximate surface area is 498 Å². The summed E-state index contributed by atoms with van der Waals surface area (Å²) in [5, 5.41) is 49.7. The first-order valence-electron chi connectivity index (χ1n) is 29.5. The number of hydrogen-bond donors (Lipinski definition) is 18. The molecule has 1 saturated heterocycles. The fraction of sp³-hybridized carbons (Fsp3) is 0.696. The predicted octanol–water partition coefficient (Wildman–Crippen LogP) is -5.24. The number of aliphatic hydroxyl groups is 2. The number of benzene rings is 1. The molecule has 29 nitrogen and oxygen atoms in total. The van der Waals surface area contributed by atoms with E-state index in [4.69, 9.17) is 28.7 Å². The van der Waals surface area contributed by atoms with Crippen molar-refractivity contribution in [2.75, 3.05) is 39.3 Å². The van der Waals surface area contributed by atoms with Gasteiger partial charge in [-0.15, -0.1) is 0 Å². The molecule has 0 spiro atoms. The maximum Gasteiger partial charge on any atom is 0.245 e. The Hall–Kier alpha value is -6.89. The number of rotatable bonds is 29. The highest BCUT2D eigenvalue weighted by atomic mass is 16.3. The molecule has 29 heteroatoms. The molecule has 2 rings (SSSR count). The number of nitrogens with one attached hydrogen (secondary N) is 11. The van der Waals surface area contributed by atoms with Crippen LogP contribution < -0.4 is 87.2 Å². The molecule has 0 aromatic heterocycles. The fourth-order valence-corrected chi connectivity index (χ4v) is 9.12. The van der Waals surface area contributed by atoms with Crippen molar-refractivity contribution in [3.8, 4) is 0 Å². The van der Waals surface area contributed by atoms with E-state index >= 15 is 0 Å². The van der Waals surface area contributed by atoms with E-state index < -0.39 is 151 Å². The molecule has 1 unspecified atom stereocenters. The average molecular weight is 1200 g/mol. The SMILES string of the molecule is CCC(C)CCCCC(=O)N[C@@H](CCN)C(=O)N[C@H](C(=O)N[C@@H](CCN)C(=O)N[C@H]1CCNC(=O)[C@H]([C@@H](C)O)NC(=O)[C@H](CCN)NC(=O)[C@H](CCN)NC(=O)[C@H](CC(C)C)NC(=O)[C@H](Cc2ccccc2)NC(=O)[C@H](CCN)NC1=O)[C@@H](C)O. The Kier molecular flexibility index (Phi) is 34.6. The van der Waals surface area contributed by atoms with Gasteiger partial charge in [0.15, 0.2) is 0 Å². The number of carbonyl (C=O) groups is 11. The summed E-state index contributed by atoms with van der Waals surface area (Å²) in [6.07, 6.45) is -1.05. The highest BCUT2D eigenvalue weighted by molar-refractivity contribution is 5.99. The Morgan fingerprint density at radius 2 is 1.06 bits per heavy atom. The Bertz CT molecular complexity index is 2320. The van der Waals surface area contributed by atoms with Crippen LogP contribution in [0.3, 0.4) is 0 Å². The number of nitrogens with two attached hydrogens (primary N) is 5. The molecule has 1 aliphatic rings. The van der Waals surface area contributed by atoms with Crippen LogP contribution in [0, 0.1) is 11.8 Å². The zero-order chi connectivity index (χ0) is 63.8. The number of amides is 11. The minimum Gasteiger partial charge on any atom is -0.391 e. The first kappa shape index (κ1) is 74.2. The lowest BCUT2D eigenvalue weighted by Gasteiger charge is -2.29. The fourth-order valence-electron chi connectivity index (χ4n) is 9.12. The lowest BCUT2D eigenvalue weighted by atomic mass is 10.00. The molecule has 0 bridgehead atoms. The largest absolute Gasteiger partial charge is 0.391 e. The van der Waals surface area contributed by atoms with Gasteiger partial charge in [0.25, 0.3) is 0 Å². The van der Waals surface area contributed by atoms with E-state index in [9.17, 15) is 63.0 Å². The van der Waals surface area contributed by atoms with Gasteiger partial charge in [0.05, 0.1) is 12.2 Å². The van der Waals surface area contributed by atoms with Crippen LogP contribution in [0.15, 0.2) is 30.3 Å². The first-order chi connectivity index (χ1) is 40.3. The molecule has 1 aliphatic heterocycles. The number of aliphatic hydroxyl groups excluding tert-OH is 2. The molecule has 0 saturated carbocycles. The van der Waals surface area contributed by atoms with Crippen LogP contribution in [-0.2, 0) is 59.2 Å². The van der Waals surface area contributed by atoms with Gasteiger partial charge in [-0.2, -0.15) is 0 Å². The summed E-state index contributed by atoms with van der Waals surface area (Å²) in [5.74, 6) is -9.45. The molecule has 0 aliphatic carbocycles. The van der Waals surface area contributed by atoms with E-state index in [-0.39, 0.29) is 90.0 Å². The van der Waals surface area contributed by atoms with Gasteiger partial charge in [-0.3, -0.25) is 52.7 Å². The second kappa shape index (κ2) is 39.7. The summed E-state index contributed by atoms with van der Waals surface area (Å²) in [4.78, 5) is 154. The van der Waals surface area contributed by atoms with E-state index in [1.54, 1.807) is 44.2 Å². The van der Waals surface area contributed by atoms with Gasteiger partial charge >= 0.3 is 0 Å². The Morgan fingerprint density at radius 1 is 0.565 bits per heavy atom. The third-order valence-corrected chi connectivity index (χ3v) is 14.3. The molecular weight excluding hydrogens is 1100 g/mol. The minimum atomic E-state index is -1.70. The van der Waals surface area contributed by atoms with Crippen molar-refractivity contribution < 1.29 is 63.0 Å². The maximum atomic E-state index is 14.5. The molecule has 1 fully saturated rings. The van der Waals surface area contributed by atoms with Crippen LogP contribution in [-0.4, -0.2) is 187 Å². The van der Waals surface area contributed by atoms with E-state index in [2.05, 4.69) is 72.3 Å². The van der Waals surface area contributed by atoms with E-state index in [1.807, 2.05) is 0 Å². The van der Waals surface area contributed by atoms with Crippen molar-refractivity contribution in [1.82, 2.24) is 58.5 Å². The van der Waals surface area contributed by atoms with Gasteiger partial charge in [-0.1, -0.05) is 77.3 Å². The Morgan fingerprint density at radius 3 is 1.56 bits per heavy atom. The van der Waals surface area contributed by atoms with E-state index in [1.165, 1.54) is 13.8 Å². The molecular formula is C56H98N16O13. The van der Waals surface area contributed by atoms with Gasteiger partial charge in [0, 0.05) is 19.4 Å². The summed E-state index contributed by atoms with van der Waals surface area (Å²) in [6, 6.07) is -6.23. The topological polar surface area (TPSA) is 491 Å². The standard InChI is InChI=1S/C56H98N16O13/c1-7-32(4)13-11-12-16-44(75)63-36(17-23-57)51(80)72-46(34(6)74)56(85)68-39(20-26-60)48(77)67-41-22-28-62-55(84)45(33(5)73)71-52(81)40(21-27-61)65-47(76)37(18-24-58)66-53(82)42(29-31(2)3)69-54(83)43(30-35-14-9-8-10-15-35)70-49(78)38(19-25-59)64-50(41)79/h8-10,14-15,31-34,36-43,45-46,73-74H,7,11-13,16-30,57-61H2,1-6H3,(H,62,84)(H,63,75)(H,64,79)(H,65,76)(H,66,82)(H,67,77)(H,68,85)(H,69,83)(H,70,78)(H,71,81)(H,72,80)/t32?,33-,34-,36+,37+,38+,39+,40+,41+,42+,43+,45+,46+/m1/s1. The van der Waals surface area contributed by atoms with Crippen LogP contribution in [0.1, 0.15) is 124 Å². The summed E-state index contributed by atoms with van der Waals surface area (Å²) in [5.41, 5.74) is 29.9. The van der Waals surface area contributed by atoms with Gasteiger partial charge in [0.2, 0.25) is 65.0 Å². The third-order valence-electron chi connectivity index (χ3n) is 14.3. The molecule has 1 heterocycles. The van der Waals surface area contributed by atoms with Crippen LogP contribution in [0.25, 0.3) is 0 Å². The van der Waals surface area contributed by atoms with Crippen molar-refractivity contribution in [2.45, 2.75) is 198 Å². The maximum absolute atomic E-state index is 14.5. The van der Waals surface area contributed by atoms with Gasteiger partial charge in [-0.05, 0) is 115 Å². The predicted molar refractivity (Wildman–Crippen MR) is 316 cm³/mol. The summed E-state index contributed by atoms with van der Waals surface area (Å²) < 4.78 is 0. The monoisotopic (exact) mass is 1200 g/mol. The van der Waals surface area contributed by atoms with E-state index in [0.29, 0.717) is 17.9 Å². The van der Waals surface area contributed by atoms with Gasteiger partial charge in [-0.25, -0.2) is 0 Å². The molecule has 11 amide bonds. The second-order valence-electron chi connectivity index (χ2n) is 22.0. The van der Waals surface area contributed by atoms with Gasteiger partial charge < -0.3 is 97.4 Å². The smallest absolute Gasteiger partial charge is 0.245 e. The molecule has 13 atom stereocenters. The van der Waals surface area contributed by atoms with Crippen molar-refractivity contribution in [3.05, 3.63) is 35.9 Å². The number of hydrogen-bond acceptors (Lipinski definition) is 18. The van der Waals surface area contributed by atoms with Crippen molar-refractivity contribution in [1.29, 1.82) is 0 Å². The highest BCUT2D eigenvalue weighted by Crippen LogP contribution is 2.14. The molecule has 0 radical (unpaired) electrons. The molecule has 1 aromatic carbocycles. The second-order valence-corrected chi connectivity index (χ2v) is 22.0. The van der Waals surface area contributed by atoms with E-state index in [0.717, 1.165) is 19.3 Å². The normalized spacial score (nSPS) is 22.9. The van der Waals surface area contributed by atoms with Crippen molar-refractivity contribution in [3.63, 3.8) is 0 Å². The van der Waals surface area contributed by atoms with Crippen LogP contribution >= 0.6 is 0 Å². The number of carbonyl (C=O) groups excluding carboxylic acids is 11. The summed E-state index contributed by atoms with van der Waals surface area (Å²) >= 11 is 0. The molecule has 480 valence electrons. The molecule has 85 heavy (non-hydrogen) atoms. The summed E-state index contributed by atoms with van der Waals surface area (Å²) in [6.45, 7) is 9.00. The number of unbranched alkanes of at least 4 members (excludes halogenated alkanes) is 1. The molecule has 1 aromatic rings. The quantitative estimate of drug-likeness (QED) is 0.0333. The lowest BCUT2D eigenvalue weighted by Crippen LogP contribution is -2.62. The highest BCUT2D eigenvalue weighted by Gasteiger charge is 2.37. The van der Waals surface area contributed by atoms with Crippen molar-refractivity contribution >= 4 is 65.0 Å². The zero-order valence-electron chi connectivity index (χ0n) is 50.2. The third kappa shape index (κ3) is 26.9. The van der Waals surface area contributed by atoms with Crippen molar-refractivity contribution in [2.24, 2.45) is 40.5 Å².